The van der Waals surface area contributed by atoms with Gasteiger partial charge in [0.05, 0.1) is 13.2 Å². The van der Waals surface area contributed by atoms with Crippen LogP contribution in [0.4, 0.5) is 0 Å². The van der Waals surface area contributed by atoms with Gasteiger partial charge in [-0.3, -0.25) is 4.90 Å². The maximum Gasteiger partial charge on any atom is 0.342 e. The minimum absolute atomic E-state index is 0.164. The summed E-state index contributed by atoms with van der Waals surface area (Å²) < 4.78 is 21.2. The smallest absolute Gasteiger partial charge is 0.342 e. The molecule has 30 heavy (non-hydrogen) atoms. The number of aliphatic hydroxyl groups is 1. The third-order valence-corrected chi connectivity index (χ3v) is 5.56. The highest BCUT2D eigenvalue weighted by atomic mass is 16.6. The Bertz CT molecular complexity index is 778. The second-order valence-electron chi connectivity index (χ2n) is 7.61. The number of benzene rings is 1. The van der Waals surface area contributed by atoms with Crippen molar-refractivity contribution in [2.75, 3.05) is 59.8 Å². The minimum Gasteiger partial charge on any atom is -0.490 e. The van der Waals surface area contributed by atoms with E-state index in [1.807, 2.05) is 6.92 Å². The molecule has 4 rings (SSSR count). The van der Waals surface area contributed by atoms with Crippen LogP contribution in [0.15, 0.2) is 18.2 Å². The lowest BCUT2D eigenvalue weighted by Gasteiger charge is -2.47. The minimum atomic E-state index is -0.998. The third kappa shape index (κ3) is 5.73. The highest BCUT2D eigenvalue weighted by Gasteiger charge is 2.44. The number of esters is 1. The van der Waals surface area contributed by atoms with E-state index in [1.165, 1.54) is 0 Å². The van der Waals surface area contributed by atoms with Crippen molar-refractivity contribution in [1.82, 2.24) is 4.90 Å². The standard InChI is InChI=1S/C23H31NO6/c1-3-28-13-15-30-22(25)20-16-18(4-5-21(20)29-14-12-27-2)6-9-23(26)17-24-10-7-19(23)8-11-24/h4-5,16,19,26H,3,7-8,10-15,17H2,1-2H3. The van der Waals surface area contributed by atoms with Crippen molar-refractivity contribution in [3.63, 3.8) is 0 Å². The summed E-state index contributed by atoms with van der Waals surface area (Å²) in [5.74, 6) is 6.27. The number of hydrogen-bond donors (Lipinski definition) is 1. The van der Waals surface area contributed by atoms with Crippen LogP contribution in [0, 0.1) is 17.8 Å². The van der Waals surface area contributed by atoms with Gasteiger partial charge in [0.25, 0.3) is 0 Å². The van der Waals surface area contributed by atoms with Gasteiger partial charge in [-0.2, -0.15) is 0 Å². The van der Waals surface area contributed by atoms with E-state index in [1.54, 1.807) is 25.3 Å². The Morgan fingerprint density at radius 2 is 2.03 bits per heavy atom. The summed E-state index contributed by atoms with van der Waals surface area (Å²) in [7, 11) is 1.59. The Kier molecular flexibility index (Phi) is 8.11. The first kappa shape index (κ1) is 22.6. The summed E-state index contributed by atoms with van der Waals surface area (Å²) in [5.41, 5.74) is -0.0616. The lowest BCUT2D eigenvalue weighted by molar-refractivity contribution is -0.0713. The molecule has 0 aromatic heterocycles. The largest absolute Gasteiger partial charge is 0.490 e. The van der Waals surface area contributed by atoms with E-state index in [0.717, 1.165) is 25.9 Å². The van der Waals surface area contributed by atoms with Crippen molar-refractivity contribution < 1.29 is 28.8 Å². The fourth-order valence-electron chi connectivity index (χ4n) is 3.90. The number of hydrogen-bond acceptors (Lipinski definition) is 7. The highest BCUT2D eigenvalue weighted by Crippen LogP contribution is 2.35. The maximum absolute atomic E-state index is 12.6. The van der Waals surface area contributed by atoms with E-state index in [-0.39, 0.29) is 12.5 Å². The number of carbonyl (C=O) groups excluding carboxylic acids is 1. The molecule has 2 bridgehead atoms. The Balaban J connectivity index is 1.76. The van der Waals surface area contributed by atoms with Crippen molar-refractivity contribution >= 4 is 5.97 Å². The van der Waals surface area contributed by atoms with Crippen molar-refractivity contribution in [1.29, 1.82) is 0 Å². The summed E-state index contributed by atoms with van der Waals surface area (Å²) in [5, 5.41) is 11.0. The van der Waals surface area contributed by atoms with Crippen LogP contribution >= 0.6 is 0 Å². The van der Waals surface area contributed by atoms with Crippen LogP contribution in [0.1, 0.15) is 35.7 Å². The molecule has 3 fully saturated rings. The first-order chi connectivity index (χ1) is 14.6. The van der Waals surface area contributed by atoms with Gasteiger partial charge in [-0.1, -0.05) is 11.8 Å². The Morgan fingerprint density at radius 1 is 1.23 bits per heavy atom. The number of nitrogens with zero attached hydrogens (tertiary/aromatic N) is 1. The molecular weight excluding hydrogens is 386 g/mol. The Morgan fingerprint density at radius 3 is 2.70 bits per heavy atom. The van der Waals surface area contributed by atoms with Gasteiger partial charge in [0, 0.05) is 31.7 Å². The number of piperidine rings is 3. The van der Waals surface area contributed by atoms with Crippen LogP contribution in [0.5, 0.6) is 5.75 Å². The van der Waals surface area contributed by atoms with Gasteiger partial charge >= 0.3 is 5.97 Å². The van der Waals surface area contributed by atoms with Gasteiger partial charge in [-0.25, -0.2) is 4.79 Å². The molecule has 3 saturated heterocycles. The summed E-state index contributed by atoms with van der Waals surface area (Å²) in [4.78, 5) is 14.8. The quantitative estimate of drug-likeness (QED) is 0.372. The fraction of sp³-hybridized carbons (Fsp3) is 0.609. The predicted molar refractivity (Wildman–Crippen MR) is 112 cm³/mol. The van der Waals surface area contributed by atoms with E-state index in [4.69, 9.17) is 18.9 Å². The topological polar surface area (TPSA) is 77.5 Å². The summed E-state index contributed by atoms with van der Waals surface area (Å²) >= 11 is 0. The van der Waals surface area contributed by atoms with E-state index < -0.39 is 11.6 Å². The molecule has 1 atom stereocenters. The van der Waals surface area contributed by atoms with Crippen molar-refractivity contribution in [2.24, 2.45) is 5.92 Å². The zero-order valence-corrected chi connectivity index (χ0v) is 17.8. The zero-order chi connectivity index (χ0) is 21.4. The van der Waals surface area contributed by atoms with Crippen LogP contribution < -0.4 is 4.74 Å². The molecule has 0 saturated carbocycles. The van der Waals surface area contributed by atoms with E-state index in [9.17, 15) is 9.90 Å². The number of rotatable bonds is 9. The molecule has 7 nitrogen and oxygen atoms in total. The lowest BCUT2D eigenvalue weighted by atomic mass is 9.76. The summed E-state index contributed by atoms with van der Waals surface area (Å²) in [6.45, 7) is 6.31. The lowest BCUT2D eigenvalue weighted by Crippen LogP contribution is -2.58. The molecule has 3 aliphatic heterocycles. The van der Waals surface area contributed by atoms with Crippen molar-refractivity contribution in [3.05, 3.63) is 29.3 Å². The molecular formula is C23H31NO6. The first-order valence-corrected chi connectivity index (χ1v) is 10.5. The predicted octanol–water partition coefficient (Wildman–Crippen LogP) is 1.71. The van der Waals surface area contributed by atoms with Crippen molar-refractivity contribution in [2.45, 2.75) is 25.4 Å². The molecule has 1 unspecified atom stereocenters. The second kappa shape index (κ2) is 10.8. The summed E-state index contributed by atoms with van der Waals surface area (Å²) in [6, 6.07) is 5.15. The molecule has 7 heteroatoms. The molecule has 0 radical (unpaired) electrons. The van der Waals surface area contributed by atoms with Gasteiger partial charge in [0.1, 0.15) is 30.1 Å². The molecule has 1 aromatic rings. The molecule has 0 spiro atoms. The number of fused-ring (bicyclic) bond motifs is 3. The van der Waals surface area contributed by atoms with E-state index in [2.05, 4.69) is 16.7 Å². The maximum atomic E-state index is 12.6. The van der Waals surface area contributed by atoms with Gasteiger partial charge in [-0.15, -0.1) is 0 Å². The Labute approximate surface area is 178 Å². The van der Waals surface area contributed by atoms with Gasteiger partial charge in [0.2, 0.25) is 0 Å². The van der Waals surface area contributed by atoms with E-state index >= 15 is 0 Å². The number of ether oxygens (including phenoxy) is 4. The summed E-state index contributed by atoms with van der Waals surface area (Å²) in [6.07, 6.45) is 1.93. The highest BCUT2D eigenvalue weighted by molar-refractivity contribution is 5.93. The SMILES string of the molecule is CCOCCOC(=O)c1cc(C#CC2(O)CN3CCC2CC3)ccc1OCCOC. The normalized spacial score (nSPS) is 24.8. The Hall–Kier alpha value is -2.11. The van der Waals surface area contributed by atoms with Crippen LogP contribution in [-0.4, -0.2) is 81.4 Å². The molecule has 164 valence electrons. The van der Waals surface area contributed by atoms with Crippen LogP contribution in [0.25, 0.3) is 0 Å². The van der Waals surface area contributed by atoms with Crippen molar-refractivity contribution in [3.8, 4) is 17.6 Å². The molecule has 1 N–H and O–H groups in total. The fourth-order valence-corrected chi connectivity index (χ4v) is 3.90. The zero-order valence-electron chi connectivity index (χ0n) is 17.8. The third-order valence-electron chi connectivity index (χ3n) is 5.56. The molecule has 3 aliphatic rings. The number of carbonyl (C=O) groups is 1. The molecule has 1 aromatic carbocycles. The first-order valence-electron chi connectivity index (χ1n) is 10.5. The van der Waals surface area contributed by atoms with Gasteiger partial charge in [-0.05, 0) is 51.1 Å². The molecule has 0 aliphatic carbocycles. The van der Waals surface area contributed by atoms with Crippen LogP contribution in [0.2, 0.25) is 0 Å². The molecule has 0 amide bonds. The molecule has 3 heterocycles. The van der Waals surface area contributed by atoms with E-state index in [0.29, 0.717) is 49.8 Å². The van der Waals surface area contributed by atoms with Gasteiger partial charge in [0.15, 0.2) is 0 Å². The average molecular weight is 418 g/mol. The van der Waals surface area contributed by atoms with Crippen LogP contribution in [0.3, 0.4) is 0 Å². The van der Waals surface area contributed by atoms with Gasteiger partial charge < -0.3 is 24.1 Å². The average Bonchev–Trinajstić information content (AvgIpc) is 2.76. The monoisotopic (exact) mass is 417 g/mol. The number of methoxy groups -OCH3 is 1. The van der Waals surface area contributed by atoms with Crippen LogP contribution in [-0.2, 0) is 14.2 Å². The second-order valence-corrected chi connectivity index (χ2v) is 7.61.